The quantitative estimate of drug-likeness (QED) is 0.533. The van der Waals surface area contributed by atoms with Crippen molar-refractivity contribution in [3.05, 3.63) is 18.0 Å². The van der Waals surface area contributed by atoms with Crippen LogP contribution in [-0.2, 0) is 6.54 Å². The number of hydrogen-bond acceptors (Lipinski definition) is 1. The summed E-state index contributed by atoms with van der Waals surface area (Å²) in [6.45, 7) is 0.292. The molecule has 3 nitrogen and oxygen atoms in total. The van der Waals surface area contributed by atoms with Gasteiger partial charge in [0.2, 0.25) is 0 Å². The maximum absolute atomic E-state index is 6.79. The van der Waals surface area contributed by atoms with Crippen LogP contribution in [0.4, 0.5) is 0 Å². The van der Waals surface area contributed by atoms with E-state index in [1.54, 1.807) is 12.3 Å². The fourth-order valence-electron chi connectivity index (χ4n) is 0.383. The highest BCUT2D eigenvalue weighted by atomic mass is 15.1. The molecule has 0 fully saturated rings. The molecule has 0 aromatic carbocycles. The van der Waals surface area contributed by atoms with E-state index in [4.69, 9.17) is 5.73 Å². The smallest absolute Gasteiger partial charge is 0.0518 e. The predicted octanol–water partition coefficient (Wildman–Crippen LogP) is 0.193. The van der Waals surface area contributed by atoms with Gasteiger partial charge in [0.05, 0.1) is 12.2 Å². The number of aromatic amines is 1. The lowest BCUT2D eigenvalue weighted by Gasteiger charge is -1.79. The molecule has 0 unspecified atom stereocenters. The maximum atomic E-state index is 6.79. The molecule has 0 saturated carbocycles. The summed E-state index contributed by atoms with van der Waals surface area (Å²) in [5, 5.41) is 6.30. The van der Waals surface area contributed by atoms with E-state index in [0.29, 0.717) is 6.54 Å². The molecule has 3 heteroatoms. The number of nitrogens with one attached hydrogen (secondary N) is 2. The van der Waals surface area contributed by atoms with Crippen LogP contribution in [0, 0.1) is 0 Å². The molecular formula is C4H6N3. The average molecular weight is 96.1 g/mol. The number of aromatic nitrogens is 2. The van der Waals surface area contributed by atoms with Gasteiger partial charge in [0, 0.05) is 6.20 Å². The van der Waals surface area contributed by atoms with Gasteiger partial charge in [-0.25, -0.2) is 0 Å². The Bertz CT molecular complexity index is 121. The molecule has 2 N–H and O–H groups in total. The molecular weight excluding hydrogens is 90.1 g/mol. The predicted molar refractivity (Wildman–Crippen MR) is 25.4 cm³/mol. The van der Waals surface area contributed by atoms with Gasteiger partial charge in [-0.15, -0.1) is 0 Å². The Hall–Kier alpha value is -0.830. The highest BCUT2D eigenvalue weighted by molar-refractivity contribution is 4.95. The van der Waals surface area contributed by atoms with Gasteiger partial charge < -0.3 is 0 Å². The van der Waals surface area contributed by atoms with Crippen molar-refractivity contribution in [2.24, 2.45) is 0 Å². The Labute approximate surface area is 41.5 Å². The Morgan fingerprint density at radius 2 is 2.71 bits per heavy atom. The Morgan fingerprint density at radius 1 is 1.86 bits per heavy atom. The summed E-state index contributed by atoms with van der Waals surface area (Å²) in [6, 6.07) is 1.78. The molecule has 1 radical (unpaired) electrons. The first kappa shape index (κ1) is 4.33. The first-order chi connectivity index (χ1) is 3.43. The molecule has 1 aromatic rings. The number of H-pyrrole nitrogens is 1. The van der Waals surface area contributed by atoms with Crippen molar-refractivity contribution in [3.63, 3.8) is 0 Å². The van der Waals surface area contributed by atoms with E-state index in [1.807, 2.05) is 0 Å². The van der Waals surface area contributed by atoms with E-state index in [9.17, 15) is 0 Å². The molecule has 1 aromatic heterocycles. The molecule has 0 amide bonds. The molecule has 0 aliphatic carbocycles. The van der Waals surface area contributed by atoms with Crippen molar-refractivity contribution in [1.82, 2.24) is 15.9 Å². The third kappa shape index (κ3) is 0.778. The summed E-state index contributed by atoms with van der Waals surface area (Å²) in [5.74, 6) is 0. The van der Waals surface area contributed by atoms with Crippen LogP contribution >= 0.6 is 0 Å². The minimum Gasteiger partial charge on any atom is -0.281 e. The van der Waals surface area contributed by atoms with Crippen LogP contribution in [0.25, 0.3) is 0 Å². The zero-order valence-electron chi connectivity index (χ0n) is 3.81. The second-order valence-corrected chi connectivity index (χ2v) is 1.26. The lowest BCUT2D eigenvalue weighted by Crippen LogP contribution is -1.82. The van der Waals surface area contributed by atoms with Crippen molar-refractivity contribution in [3.8, 4) is 0 Å². The minimum atomic E-state index is 0.292. The molecule has 0 spiro atoms. The molecule has 1 rings (SSSR count). The normalized spacial score (nSPS) is 9.29. The zero-order valence-corrected chi connectivity index (χ0v) is 3.81. The van der Waals surface area contributed by atoms with Crippen LogP contribution in [-0.4, -0.2) is 10.2 Å². The van der Waals surface area contributed by atoms with Crippen molar-refractivity contribution in [2.45, 2.75) is 6.54 Å². The van der Waals surface area contributed by atoms with E-state index in [1.165, 1.54) is 0 Å². The second kappa shape index (κ2) is 1.75. The van der Waals surface area contributed by atoms with E-state index in [2.05, 4.69) is 10.2 Å². The number of nitrogens with zero attached hydrogens (tertiary/aromatic N) is 1. The van der Waals surface area contributed by atoms with E-state index in [-0.39, 0.29) is 0 Å². The van der Waals surface area contributed by atoms with Crippen LogP contribution in [0.1, 0.15) is 5.69 Å². The highest BCUT2D eigenvalue weighted by Gasteiger charge is 1.83. The fourth-order valence-corrected chi connectivity index (χ4v) is 0.383. The third-order valence-electron chi connectivity index (χ3n) is 0.749. The van der Waals surface area contributed by atoms with Crippen LogP contribution in [0.2, 0.25) is 0 Å². The van der Waals surface area contributed by atoms with Gasteiger partial charge in [-0.2, -0.15) is 5.10 Å². The van der Waals surface area contributed by atoms with Crippen LogP contribution in [0.5, 0.6) is 0 Å². The van der Waals surface area contributed by atoms with Crippen LogP contribution in [0.15, 0.2) is 12.3 Å². The third-order valence-corrected chi connectivity index (χ3v) is 0.749. The zero-order chi connectivity index (χ0) is 5.11. The van der Waals surface area contributed by atoms with Crippen molar-refractivity contribution >= 4 is 0 Å². The van der Waals surface area contributed by atoms with Gasteiger partial charge in [0.15, 0.2) is 0 Å². The molecule has 0 atom stereocenters. The SMILES string of the molecule is [NH]Cc1ccn[nH]1. The monoisotopic (exact) mass is 96.1 g/mol. The molecule has 0 aliphatic rings. The number of hydrogen-bond donors (Lipinski definition) is 1. The topological polar surface area (TPSA) is 52.5 Å². The van der Waals surface area contributed by atoms with Crippen molar-refractivity contribution in [1.29, 1.82) is 0 Å². The summed E-state index contributed by atoms with van der Waals surface area (Å²) in [6.07, 6.45) is 1.64. The van der Waals surface area contributed by atoms with E-state index >= 15 is 0 Å². The van der Waals surface area contributed by atoms with Gasteiger partial charge in [0.25, 0.3) is 0 Å². The summed E-state index contributed by atoms with van der Waals surface area (Å²) in [7, 11) is 0. The molecule has 0 aliphatic heterocycles. The standard InChI is InChI=1S/C4H6N3/c5-3-4-1-2-6-7-4/h1-2,5H,3H2,(H,6,7). The van der Waals surface area contributed by atoms with Crippen LogP contribution < -0.4 is 5.73 Å². The van der Waals surface area contributed by atoms with Gasteiger partial charge in [-0.1, -0.05) is 0 Å². The van der Waals surface area contributed by atoms with Gasteiger partial charge in [-0.05, 0) is 6.07 Å². The van der Waals surface area contributed by atoms with Crippen LogP contribution in [0.3, 0.4) is 0 Å². The van der Waals surface area contributed by atoms with Gasteiger partial charge in [0.1, 0.15) is 0 Å². The van der Waals surface area contributed by atoms with Crippen molar-refractivity contribution in [2.75, 3.05) is 0 Å². The average Bonchev–Trinajstić information content (AvgIpc) is 2.14. The molecule has 0 bridgehead atoms. The van der Waals surface area contributed by atoms with Gasteiger partial charge in [-0.3, -0.25) is 10.8 Å². The summed E-state index contributed by atoms with van der Waals surface area (Å²) in [4.78, 5) is 0. The summed E-state index contributed by atoms with van der Waals surface area (Å²) < 4.78 is 0. The second-order valence-electron chi connectivity index (χ2n) is 1.26. The Morgan fingerprint density at radius 3 is 3.00 bits per heavy atom. The summed E-state index contributed by atoms with van der Waals surface area (Å²) >= 11 is 0. The first-order valence-electron chi connectivity index (χ1n) is 2.06. The largest absolute Gasteiger partial charge is 0.281 e. The Kier molecular flexibility index (Phi) is 1.08. The lowest BCUT2D eigenvalue weighted by molar-refractivity contribution is 0.926. The molecule has 1 heterocycles. The van der Waals surface area contributed by atoms with E-state index in [0.717, 1.165) is 5.69 Å². The Balaban J connectivity index is 2.76. The van der Waals surface area contributed by atoms with E-state index < -0.39 is 0 Å². The fraction of sp³-hybridized carbons (Fsp3) is 0.250. The van der Waals surface area contributed by atoms with Crippen molar-refractivity contribution < 1.29 is 0 Å². The maximum Gasteiger partial charge on any atom is 0.0518 e. The lowest BCUT2D eigenvalue weighted by atomic mass is 10.5. The molecule has 37 valence electrons. The molecule has 0 saturated heterocycles. The highest BCUT2D eigenvalue weighted by Crippen LogP contribution is 1.86. The number of rotatable bonds is 1. The first-order valence-corrected chi connectivity index (χ1v) is 2.06. The summed E-state index contributed by atoms with van der Waals surface area (Å²) in [5.41, 5.74) is 7.65. The minimum absolute atomic E-state index is 0.292. The molecule has 7 heavy (non-hydrogen) atoms. The van der Waals surface area contributed by atoms with Gasteiger partial charge >= 0.3 is 0 Å².